The van der Waals surface area contributed by atoms with Crippen LogP contribution < -0.4 is 0 Å². The van der Waals surface area contributed by atoms with Crippen molar-refractivity contribution in [3.8, 4) is 0 Å². The molecule has 80 valence electrons. The molecule has 1 aliphatic carbocycles. The normalized spacial score (nSPS) is 20.1. The van der Waals surface area contributed by atoms with Gasteiger partial charge in [0, 0.05) is 5.25 Å². The molecule has 1 aliphatic rings. The van der Waals surface area contributed by atoms with Crippen molar-refractivity contribution in [2.45, 2.75) is 45.8 Å². The molecular weight excluding hydrogens is 188 g/mol. The second kappa shape index (κ2) is 5.55. The highest BCUT2D eigenvalue weighted by atomic mass is 32.2. The fourth-order valence-corrected chi connectivity index (χ4v) is 4.28. The lowest BCUT2D eigenvalue weighted by Crippen LogP contribution is -2.08. The van der Waals surface area contributed by atoms with E-state index in [1.54, 1.807) is 10.4 Å². The molecule has 0 spiro atoms. The third-order valence-corrected chi connectivity index (χ3v) is 5.55. The van der Waals surface area contributed by atoms with Crippen molar-refractivity contribution in [1.29, 1.82) is 0 Å². The van der Waals surface area contributed by atoms with E-state index in [4.69, 9.17) is 0 Å². The molecule has 0 aromatic rings. The lowest BCUT2D eigenvalue weighted by atomic mass is 10.1. The Morgan fingerprint density at radius 3 is 2.57 bits per heavy atom. The summed E-state index contributed by atoms with van der Waals surface area (Å²) in [5.41, 5.74) is 1.56. The van der Waals surface area contributed by atoms with Crippen LogP contribution in [-0.4, -0.2) is 15.9 Å². The molecule has 0 aliphatic heterocycles. The van der Waals surface area contributed by atoms with Gasteiger partial charge in [-0.25, -0.2) is 0 Å². The molecule has 0 saturated heterocycles. The standard InChI is InChI=1S/C13H22S/c1-5-14(11(2)3)12(4)13-9-7-6-8-10-13/h7,9-10,12H,5-6,8H2,1-4H3. The molecule has 1 heteroatoms. The summed E-state index contributed by atoms with van der Waals surface area (Å²) >= 11 is 0. The van der Waals surface area contributed by atoms with E-state index in [-0.39, 0.29) is 0 Å². The van der Waals surface area contributed by atoms with Crippen LogP contribution >= 0.6 is 10.5 Å². The molecule has 0 aromatic heterocycles. The van der Waals surface area contributed by atoms with Gasteiger partial charge in [0.15, 0.2) is 0 Å². The zero-order valence-electron chi connectivity index (χ0n) is 9.84. The van der Waals surface area contributed by atoms with Gasteiger partial charge in [0.2, 0.25) is 0 Å². The van der Waals surface area contributed by atoms with Gasteiger partial charge in [-0.3, -0.25) is 0 Å². The van der Waals surface area contributed by atoms with Crippen LogP contribution in [0.25, 0.3) is 0 Å². The van der Waals surface area contributed by atoms with Crippen molar-refractivity contribution in [3.63, 3.8) is 0 Å². The first-order valence-corrected chi connectivity index (χ1v) is 6.99. The third kappa shape index (κ3) is 2.84. The predicted molar refractivity (Wildman–Crippen MR) is 70.4 cm³/mol. The number of rotatable bonds is 3. The van der Waals surface area contributed by atoms with Gasteiger partial charge in [0.05, 0.1) is 0 Å². The van der Waals surface area contributed by atoms with Crippen molar-refractivity contribution in [3.05, 3.63) is 23.8 Å². The van der Waals surface area contributed by atoms with Crippen LogP contribution in [0.5, 0.6) is 0 Å². The Balaban J connectivity index is 2.83. The topological polar surface area (TPSA) is 0 Å². The zero-order chi connectivity index (χ0) is 10.6. The molecule has 0 nitrogen and oxygen atoms in total. The molecule has 0 N–H and O–H groups in total. The molecule has 0 heterocycles. The fraction of sp³-hybridized carbons (Fsp3) is 0.615. The molecule has 0 radical (unpaired) electrons. The summed E-state index contributed by atoms with van der Waals surface area (Å²) in [6.07, 6.45) is 9.52. The van der Waals surface area contributed by atoms with Crippen LogP contribution in [0.4, 0.5) is 0 Å². The summed E-state index contributed by atoms with van der Waals surface area (Å²) in [6.45, 7) is 9.23. The van der Waals surface area contributed by atoms with E-state index in [1.807, 2.05) is 0 Å². The zero-order valence-corrected chi connectivity index (χ0v) is 10.7. The van der Waals surface area contributed by atoms with Crippen LogP contribution in [0, 0.1) is 0 Å². The summed E-state index contributed by atoms with van der Waals surface area (Å²) in [7, 11) is 0.472. The van der Waals surface area contributed by atoms with Gasteiger partial charge < -0.3 is 0 Å². The van der Waals surface area contributed by atoms with Gasteiger partial charge >= 0.3 is 0 Å². The largest absolute Gasteiger partial charge is 0.180 e. The molecule has 0 saturated carbocycles. The van der Waals surface area contributed by atoms with E-state index in [2.05, 4.69) is 45.9 Å². The van der Waals surface area contributed by atoms with Gasteiger partial charge in [0.1, 0.15) is 0 Å². The van der Waals surface area contributed by atoms with Gasteiger partial charge in [-0.05, 0) is 44.9 Å². The Morgan fingerprint density at radius 1 is 1.43 bits per heavy atom. The van der Waals surface area contributed by atoms with Gasteiger partial charge in [-0.2, -0.15) is 10.5 Å². The number of hydrogen-bond acceptors (Lipinski definition) is 0. The first kappa shape index (κ1) is 11.8. The Morgan fingerprint density at radius 2 is 2.14 bits per heavy atom. The second-order valence-corrected chi connectivity index (χ2v) is 6.91. The van der Waals surface area contributed by atoms with Crippen molar-refractivity contribution < 1.29 is 0 Å². The molecule has 14 heavy (non-hydrogen) atoms. The van der Waals surface area contributed by atoms with Crippen LogP contribution in [0.2, 0.25) is 0 Å². The number of hydrogen-bond donors (Lipinski definition) is 0. The minimum Gasteiger partial charge on any atom is -0.180 e. The average Bonchev–Trinajstić information content (AvgIpc) is 2.19. The van der Waals surface area contributed by atoms with E-state index in [9.17, 15) is 0 Å². The summed E-state index contributed by atoms with van der Waals surface area (Å²) in [6, 6.07) is 0. The van der Waals surface area contributed by atoms with E-state index < -0.39 is 0 Å². The smallest absolute Gasteiger partial charge is 0.0215 e. The van der Waals surface area contributed by atoms with Gasteiger partial charge in [-0.15, -0.1) is 0 Å². The second-order valence-electron chi connectivity index (χ2n) is 3.95. The summed E-state index contributed by atoms with van der Waals surface area (Å²) in [5, 5.41) is 0.724. The monoisotopic (exact) mass is 210 g/mol. The summed E-state index contributed by atoms with van der Waals surface area (Å²) in [4.78, 5) is 1.60. The molecule has 0 fully saturated rings. The Labute approximate surface area is 91.0 Å². The molecular formula is C13H22S. The van der Waals surface area contributed by atoms with Crippen LogP contribution in [0.15, 0.2) is 23.8 Å². The molecule has 2 atom stereocenters. The third-order valence-electron chi connectivity index (χ3n) is 2.76. The average molecular weight is 210 g/mol. The maximum absolute atomic E-state index is 2.42. The van der Waals surface area contributed by atoms with E-state index >= 15 is 0 Å². The highest BCUT2D eigenvalue weighted by Crippen LogP contribution is 2.30. The fourth-order valence-electron chi connectivity index (χ4n) is 1.99. The first-order valence-electron chi connectivity index (χ1n) is 5.53. The quantitative estimate of drug-likeness (QED) is 0.614. The molecule has 2 unspecified atom stereocenters. The minimum absolute atomic E-state index is 0.472. The maximum Gasteiger partial charge on any atom is 0.0215 e. The van der Waals surface area contributed by atoms with Gasteiger partial charge in [-0.1, -0.05) is 30.0 Å². The highest BCUT2D eigenvalue weighted by Gasteiger charge is 2.11. The summed E-state index contributed by atoms with van der Waals surface area (Å²) in [5.74, 6) is 1.29. The van der Waals surface area contributed by atoms with Gasteiger partial charge in [0.25, 0.3) is 0 Å². The van der Waals surface area contributed by atoms with E-state index in [1.165, 1.54) is 18.6 Å². The van der Waals surface area contributed by atoms with Crippen molar-refractivity contribution >= 4 is 15.3 Å². The summed E-state index contributed by atoms with van der Waals surface area (Å²) < 4.78 is 0. The first-order chi connectivity index (χ1) is 6.66. The lowest BCUT2D eigenvalue weighted by molar-refractivity contribution is 0.989. The van der Waals surface area contributed by atoms with E-state index in [0.29, 0.717) is 10.5 Å². The molecule has 0 amide bonds. The van der Waals surface area contributed by atoms with Crippen LogP contribution in [-0.2, 0) is 0 Å². The molecule has 0 bridgehead atoms. The highest BCUT2D eigenvalue weighted by molar-refractivity contribution is 8.16. The van der Waals surface area contributed by atoms with Crippen LogP contribution in [0.1, 0.15) is 40.5 Å². The Hall–Kier alpha value is -0.300. The van der Waals surface area contributed by atoms with Crippen molar-refractivity contribution in [2.24, 2.45) is 0 Å². The molecule has 1 rings (SSSR count). The lowest BCUT2D eigenvalue weighted by Gasteiger charge is -2.21. The predicted octanol–water partition coefficient (Wildman–Crippen LogP) is 4.15. The van der Waals surface area contributed by atoms with Crippen molar-refractivity contribution in [2.75, 3.05) is 5.75 Å². The number of allylic oxidation sites excluding steroid dienone is 3. The Kier molecular flexibility index (Phi) is 4.67. The van der Waals surface area contributed by atoms with E-state index in [0.717, 1.165) is 5.25 Å². The minimum atomic E-state index is 0.472. The maximum atomic E-state index is 2.42. The Bertz CT molecular complexity index is 278. The van der Waals surface area contributed by atoms with Crippen molar-refractivity contribution in [1.82, 2.24) is 0 Å². The molecule has 0 aromatic carbocycles. The SMILES string of the molecule is CCS(=C(C)C)C(C)C1=CCCC=C1. The van der Waals surface area contributed by atoms with Crippen LogP contribution in [0.3, 0.4) is 0 Å².